The third-order valence-electron chi connectivity index (χ3n) is 7.08. The van der Waals surface area contributed by atoms with Crippen molar-refractivity contribution in [3.05, 3.63) is 50.9 Å². The molecule has 10 nitrogen and oxygen atoms in total. The lowest BCUT2D eigenvalue weighted by atomic mass is 10.00. The third-order valence-corrected chi connectivity index (χ3v) is 8.97. The van der Waals surface area contributed by atoms with E-state index in [-0.39, 0.29) is 30.1 Å². The Labute approximate surface area is 217 Å². The van der Waals surface area contributed by atoms with Crippen LogP contribution in [0.3, 0.4) is 0 Å². The predicted octanol–water partition coefficient (Wildman–Crippen LogP) is 1.20. The summed E-state index contributed by atoms with van der Waals surface area (Å²) in [6.07, 6.45) is 1.75. The number of nitrogens with zero attached hydrogens (tertiary/aromatic N) is 4. The summed E-state index contributed by atoms with van der Waals surface area (Å²) in [6.45, 7) is 6.39. The molecule has 2 aliphatic rings. The fraction of sp³-hybridized carbons (Fsp3) is 0.538. The van der Waals surface area contributed by atoms with Crippen molar-refractivity contribution in [2.24, 2.45) is 12.0 Å². The van der Waals surface area contributed by atoms with Crippen LogP contribution in [0.25, 0.3) is 0 Å². The topological polar surface area (TPSA) is 125 Å². The highest BCUT2D eigenvalue weighted by atomic mass is 32.2. The van der Waals surface area contributed by atoms with Crippen LogP contribution >= 0.6 is 0 Å². The van der Waals surface area contributed by atoms with E-state index >= 15 is 0 Å². The number of benzene rings is 1. The average molecular weight is 533 g/mol. The van der Waals surface area contributed by atoms with Gasteiger partial charge in [0, 0.05) is 62.9 Å². The van der Waals surface area contributed by atoms with Crippen molar-refractivity contribution in [1.29, 1.82) is 0 Å². The van der Waals surface area contributed by atoms with Crippen molar-refractivity contribution in [2.75, 3.05) is 45.9 Å². The fourth-order valence-corrected chi connectivity index (χ4v) is 6.56. The number of β-amino-alcohol motifs (C(OH)–C–C–N with tert-alkyl or cyclic N) is 1. The van der Waals surface area contributed by atoms with Crippen LogP contribution in [-0.2, 0) is 36.5 Å². The first-order valence-electron chi connectivity index (χ1n) is 12.8. The van der Waals surface area contributed by atoms with E-state index < -0.39 is 10.0 Å². The van der Waals surface area contributed by atoms with Gasteiger partial charge in [0.05, 0.1) is 41.8 Å². The Morgan fingerprint density at radius 2 is 1.84 bits per heavy atom. The smallest absolute Gasteiger partial charge is 0.256 e. The second kappa shape index (κ2) is 11.4. The summed E-state index contributed by atoms with van der Waals surface area (Å²) in [4.78, 5) is 20.1. The summed E-state index contributed by atoms with van der Waals surface area (Å²) >= 11 is 0. The van der Waals surface area contributed by atoms with Crippen molar-refractivity contribution in [3.63, 3.8) is 0 Å². The minimum atomic E-state index is -3.76. The molecule has 3 heterocycles. The first-order chi connectivity index (χ1) is 17.8. The molecule has 1 aromatic heterocycles. The van der Waals surface area contributed by atoms with Crippen molar-refractivity contribution in [3.8, 4) is 5.75 Å². The Bertz CT molecular complexity index is 1340. The highest BCUT2D eigenvalue weighted by molar-refractivity contribution is 7.89. The largest absolute Gasteiger partial charge is 0.493 e. The maximum absolute atomic E-state index is 13.5. The Morgan fingerprint density at radius 1 is 1.11 bits per heavy atom. The van der Waals surface area contributed by atoms with E-state index in [1.54, 1.807) is 25.2 Å². The number of aromatic nitrogens is 1. The molecule has 0 bridgehead atoms. The van der Waals surface area contributed by atoms with Crippen LogP contribution < -0.4 is 10.3 Å². The molecule has 0 saturated carbocycles. The SMILES string of the molecule is CCCc1c2c(c(=O)n(C)c1CO)CC(c1cc(S(=O)(=O)N3CCN(CCO)CC3)ccc1OCC)=N2. The number of aliphatic imine (C=N–C) groups is 1. The number of sulfonamides is 1. The second-order valence-electron chi connectivity index (χ2n) is 9.32. The van der Waals surface area contributed by atoms with Gasteiger partial charge in [-0.25, -0.2) is 8.42 Å². The van der Waals surface area contributed by atoms with Gasteiger partial charge in [-0.1, -0.05) is 13.3 Å². The summed E-state index contributed by atoms with van der Waals surface area (Å²) in [6, 6.07) is 4.81. The molecular formula is C26H36N4O6S. The summed E-state index contributed by atoms with van der Waals surface area (Å²) in [5.41, 5.74) is 3.45. The van der Waals surface area contributed by atoms with E-state index in [4.69, 9.17) is 9.73 Å². The fourth-order valence-electron chi connectivity index (χ4n) is 5.11. The van der Waals surface area contributed by atoms with Gasteiger partial charge in [0.1, 0.15) is 5.75 Å². The number of aliphatic hydroxyl groups is 2. The maximum Gasteiger partial charge on any atom is 0.256 e. The molecule has 1 aromatic carbocycles. The number of hydrogen-bond donors (Lipinski definition) is 2. The standard InChI is InChI=1S/C26H36N4O6S/c1-4-6-19-23(17-32)28(3)26(33)21-16-22(27-25(19)21)20-15-18(7-8-24(20)36-5-2)37(34,35)30-11-9-29(10-12-30)13-14-31/h7-8,15,31-32H,4-6,9-14,16-17H2,1-3H3. The van der Waals surface area contributed by atoms with E-state index in [2.05, 4.69) is 0 Å². The molecule has 2 N–H and O–H groups in total. The number of fused-ring (bicyclic) bond motifs is 1. The van der Waals surface area contributed by atoms with Crippen molar-refractivity contribution in [2.45, 2.75) is 44.6 Å². The normalized spacial score (nSPS) is 16.6. The lowest BCUT2D eigenvalue weighted by molar-refractivity contribution is 0.151. The van der Waals surface area contributed by atoms with Crippen molar-refractivity contribution in [1.82, 2.24) is 13.8 Å². The van der Waals surface area contributed by atoms with Crippen molar-refractivity contribution < 1.29 is 23.4 Å². The number of hydrogen-bond acceptors (Lipinski definition) is 8. The Kier molecular flexibility index (Phi) is 8.49. The molecular weight excluding hydrogens is 496 g/mol. The van der Waals surface area contributed by atoms with Gasteiger partial charge in [0.2, 0.25) is 10.0 Å². The molecule has 2 aromatic rings. The molecule has 4 rings (SSSR count). The lowest BCUT2D eigenvalue weighted by Gasteiger charge is -2.33. The van der Waals surface area contributed by atoms with Gasteiger partial charge in [0.15, 0.2) is 0 Å². The molecule has 0 amide bonds. The summed E-state index contributed by atoms with van der Waals surface area (Å²) in [5, 5.41) is 19.1. The summed E-state index contributed by atoms with van der Waals surface area (Å²) < 4.78 is 35.8. The van der Waals surface area contributed by atoms with Gasteiger partial charge < -0.3 is 19.5 Å². The lowest BCUT2D eigenvalue weighted by Crippen LogP contribution is -2.49. The third kappa shape index (κ3) is 5.23. The van der Waals surface area contributed by atoms with E-state index in [0.29, 0.717) is 79.7 Å². The van der Waals surface area contributed by atoms with Crippen LogP contribution in [0.5, 0.6) is 5.75 Å². The number of ether oxygens (including phenoxy) is 1. The van der Waals surface area contributed by atoms with Crippen LogP contribution in [0.4, 0.5) is 5.69 Å². The molecule has 1 saturated heterocycles. The number of pyridine rings is 1. The van der Waals surface area contributed by atoms with Crippen LogP contribution in [0.15, 0.2) is 32.9 Å². The number of rotatable bonds is 10. The van der Waals surface area contributed by atoms with E-state index in [1.807, 2.05) is 18.7 Å². The summed E-state index contributed by atoms with van der Waals surface area (Å²) in [5.74, 6) is 0.511. The monoisotopic (exact) mass is 532 g/mol. The molecule has 0 unspecified atom stereocenters. The minimum absolute atomic E-state index is 0.0440. The van der Waals surface area contributed by atoms with Gasteiger partial charge in [-0.2, -0.15) is 4.31 Å². The van der Waals surface area contributed by atoms with E-state index in [0.717, 1.165) is 12.0 Å². The van der Waals surface area contributed by atoms with Crippen molar-refractivity contribution >= 4 is 21.4 Å². The van der Waals surface area contributed by atoms with Gasteiger partial charge in [-0.3, -0.25) is 14.7 Å². The first kappa shape index (κ1) is 27.5. The Balaban J connectivity index is 1.75. The van der Waals surface area contributed by atoms with Gasteiger partial charge in [-0.05, 0) is 31.5 Å². The van der Waals surface area contributed by atoms with Crippen LogP contribution in [-0.4, -0.2) is 84.1 Å². The van der Waals surface area contributed by atoms with Gasteiger partial charge in [0.25, 0.3) is 5.56 Å². The van der Waals surface area contributed by atoms with E-state index in [9.17, 15) is 23.4 Å². The Morgan fingerprint density at radius 3 is 2.46 bits per heavy atom. The zero-order chi connectivity index (χ0) is 26.7. The minimum Gasteiger partial charge on any atom is -0.493 e. The predicted molar refractivity (Wildman–Crippen MR) is 141 cm³/mol. The summed E-state index contributed by atoms with van der Waals surface area (Å²) in [7, 11) is -2.10. The molecule has 2 aliphatic heterocycles. The highest BCUT2D eigenvalue weighted by Crippen LogP contribution is 2.36. The molecule has 11 heteroatoms. The molecule has 0 aliphatic carbocycles. The maximum atomic E-state index is 13.5. The van der Waals surface area contributed by atoms with E-state index in [1.165, 1.54) is 8.87 Å². The zero-order valence-corrected chi connectivity index (χ0v) is 22.6. The molecule has 0 radical (unpaired) electrons. The molecule has 37 heavy (non-hydrogen) atoms. The first-order valence-corrected chi connectivity index (χ1v) is 14.2. The van der Waals surface area contributed by atoms with Gasteiger partial charge >= 0.3 is 0 Å². The molecule has 202 valence electrons. The highest BCUT2D eigenvalue weighted by Gasteiger charge is 2.31. The zero-order valence-electron chi connectivity index (χ0n) is 21.7. The van der Waals surface area contributed by atoms with Crippen LogP contribution in [0, 0.1) is 0 Å². The average Bonchev–Trinajstić information content (AvgIpc) is 3.34. The number of piperazine rings is 1. The quantitative estimate of drug-likeness (QED) is 0.471. The second-order valence-corrected chi connectivity index (χ2v) is 11.3. The number of aliphatic hydroxyl groups excluding tert-OH is 2. The van der Waals surface area contributed by atoms with Crippen LogP contribution in [0.1, 0.15) is 42.7 Å². The Hall–Kier alpha value is -2.57. The molecule has 0 spiro atoms. The molecule has 0 atom stereocenters. The molecule has 1 fully saturated rings. The van der Waals surface area contributed by atoms with Crippen LogP contribution in [0.2, 0.25) is 0 Å². The van der Waals surface area contributed by atoms with Gasteiger partial charge in [-0.15, -0.1) is 0 Å².